The number of allylic oxidation sites excluding steroid dienone is 1. The van der Waals surface area contributed by atoms with Gasteiger partial charge in [-0.3, -0.25) is 28.9 Å². The maximum Gasteiger partial charge on any atom is 0.408 e. The van der Waals surface area contributed by atoms with E-state index in [2.05, 4.69) is 15.0 Å². The number of carboxylic acid groups (broad SMARTS) is 1. The number of benzene rings is 1. The molecule has 2 aliphatic carbocycles. The van der Waals surface area contributed by atoms with Gasteiger partial charge in [0.25, 0.3) is 11.8 Å². The SMILES string of the molecule is CCC(C)N(C(=O)O)[C@@H]1C(=O)N2[C@@H](C[C@@](C)(Oc3cc(OC)nc4cc(OC)c(F)cc34)C2(F)F)C(=O)N[C@]2(C(=O)NS(=O)(=O)C3CC3)C[C@H]2/C=C\CC[C@@H](C)C[C@H]1CC. The number of aromatic nitrogens is 1. The Morgan fingerprint density at radius 1 is 1.10 bits per heavy atom. The largest absolute Gasteiger partial charge is 0.494 e. The molecule has 8 atom stereocenters. The summed E-state index contributed by atoms with van der Waals surface area (Å²) in [6.45, 7) is 7.90. The molecule has 0 bridgehead atoms. The number of amides is 4. The Hall–Kier alpha value is -4.81. The smallest absolute Gasteiger partial charge is 0.408 e. The molecule has 6 rings (SSSR count). The number of fused-ring (bicyclic) bond motifs is 3. The molecule has 3 N–H and O–H groups in total. The van der Waals surface area contributed by atoms with Crippen LogP contribution in [0.15, 0.2) is 30.4 Å². The lowest BCUT2D eigenvalue weighted by Gasteiger charge is -2.43. The van der Waals surface area contributed by atoms with Crippen molar-refractivity contribution >= 4 is 44.7 Å². The summed E-state index contributed by atoms with van der Waals surface area (Å²) >= 11 is 0. The number of methoxy groups -OCH3 is 2. The van der Waals surface area contributed by atoms with Crippen LogP contribution in [0.2, 0.25) is 0 Å². The van der Waals surface area contributed by atoms with Crippen LogP contribution in [0, 0.1) is 23.6 Å². The van der Waals surface area contributed by atoms with Gasteiger partial charge >= 0.3 is 12.1 Å². The summed E-state index contributed by atoms with van der Waals surface area (Å²) in [6.07, 6.45) is 3.51. The van der Waals surface area contributed by atoms with E-state index in [0.29, 0.717) is 25.7 Å². The summed E-state index contributed by atoms with van der Waals surface area (Å²) < 4.78 is 95.2. The van der Waals surface area contributed by atoms with Crippen molar-refractivity contribution in [3.05, 3.63) is 36.2 Å². The van der Waals surface area contributed by atoms with Gasteiger partial charge in [0.05, 0.1) is 25.0 Å². The van der Waals surface area contributed by atoms with Gasteiger partial charge in [-0.05, 0) is 76.7 Å². The number of halogens is 3. The molecule has 1 aromatic carbocycles. The highest BCUT2D eigenvalue weighted by atomic mass is 32.2. The second kappa shape index (κ2) is 16.6. The maximum atomic E-state index is 17.8. The fourth-order valence-electron chi connectivity index (χ4n) is 8.63. The Balaban J connectivity index is 1.52. The Morgan fingerprint density at radius 3 is 2.40 bits per heavy atom. The quantitative estimate of drug-likeness (QED) is 0.184. The van der Waals surface area contributed by atoms with E-state index in [9.17, 15) is 27.9 Å². The number of alkyl halides is 2. The van der Waals surface area contributed by atoms with Gasteiger partial charge in [-0.25, -0.2) is 22.6 Å². The van der Waals surface area contributed by atoms with Gasteiger partial charge in [-0.15, -0.1) is 0 Å². The van der Waals surface area contributed by atoms with Crippen LogP contribution in [0.1, 0.15) is 92.4 Å². The second-order valence-electron chi connectivity index (χ2n) is 16.8. The summed E-state index contributed by atoms with van der Waals surface area (Å²) in [5.74, 6) is -6.72. The molecule has 1 saturated heterocycles. The fourth-order valence-corrected chi connectivity index (χ4v) is 9.99. The average Bonchev–Trinajstić information content (AvgIpc) is 4.12. The molecule has 1 unspecified atom stereocenters. The number of rotatable bonds is 11. The Morgan fingerprint density at radius 2 is 1.80 bits per heavy atom. The number of nitrogens with zero attached hydrogens (tertiary/aromatic N) is 3. The Bertz CT molecular complexity index is 2170. The molecule has 3 fully saturated rings. The normalized spacial score (nSPS) is 30.4. The number of ether oxygens (including phenoxy) is 3. The third-order valence-corrected chi connectivity index (χ3v) is 14.4. The predicted molar refractivity (Wildman–Crippen MR) is 212 cm³/mol. The molecule has 2 saturated carbocycles. The molecule has 4 aliphatic rings. The number of hydrogen-bond acceptors (Lipinski definition) is 10. The van der Waals surface area contributed by atoms with Crippen LogP contribution >= 0.6 is 0 Å². The number of nitrogens with one attached hydrogen (secondary N) is 2. The number of pyridine rings is 1. The fraction of sp³-hybridized carbons (Fsp3) is 0.634. The molecule has 2 aromatic rings. The number of sulfonamides is 1. The highest BCUT2D eigenvalue weighted by molar-refractivity contribution is 7.91. The van der Waals surface area contributed by atoms with Crippen LogP contribution in [0.3, 0.4) is 0 Å². The van der Waals surface area contributed by atoms with Gasteiger partial charge in [0.1, 0.15) is 23.4 Å². The van der Waals surface area contributed by atoms with Gasteiger partial charge in [-0.1, -0.05) is 39.3 Å². The first-order valence-electron chi connectivity index (χ1n) is 20.4. The molecular weight excluding hydrogens is 812 g/mol. The van der Waals surface area contributed by atoms with Crippen molar-refractivity contribution in [1.82, 2.24) is 24.8 Å². The van der Waals surface area contributed by atoms with Crippen molar-refractivity contribution in [2.24, 2.45) is 17.8 Å². The van der Waals surface area contributed by atoms with Crippen molar-refractivity contribution in [2.75, 3.05) is 14.2 Å². The summed E-state index contributed by atoms with van der Waals surface area (Å²) in [7, 11) is -1.60. The van der Waals surface area contributed by atoms with Gasteiger partial charge in [0.2, 0.25) is 21.8 Å². The van der Waals surface area contributed by atoms with E-state index < -0.39 is 98.5 Å². The first-order valence-corrected chi connectivity index (χ1v) is 21.9. The Kier molecular flexibility index (Phi) is 12.4. The van der Waals surface area contributed by atoms with Gasteiger partial charge in [0, 0.05) is 35.9 Å². The van der Waals surface area contributed by atoms with Crippen LogP contribution in [-0.4, -0.2) is 107 Å². The molecule has 2 aliphatic heterocycles. The minimum Gasteiger partial charge on any atom is -0.494 e. The summed E-state index contributed by atoms with van der Waals surface area (Å²) in [4.78, 5) is 62.2. The molecule has 0 spiro atoms. The lowest BCUT2D eigenvalue weighted by atomic mass is 9.83. The molecule has 4 amide bonds. The van der Waals surface area contributed by atoms with Crippen LogP contribution < -0.4 is 24.2 Å². The van der Waals surface area contributed by atoms with Crippen molar-refractivity contribution in [1.29, 1.82) is 0 Å². The third-order valence-electron chi connectivity index (χ3n) is 12.6. The average molecular weight is 866 g/mol. The van der Waals surface area contributed by atoms with Crippen LogP contribution in [0.5, 0.6) is 17.4 Å². The standard InChI is InChI=1S/C41H54F3N5O10S/c1-8-23(4)48(38(53)54)34-24(9-2)16-22(3)12-10-11-13-25-20-40(25,37(52)47-60(55,56)26-14-15-26)46-35(50)30-21-39(5,41(43,44)49(30)36(34)51)59-31-19-33(58-7)45-29-18-32(57-6)28(42)17-27(29)31/h11,13,17-19,22-26,30,34H,8-10,12,14-16,20-21H2,1-7H3,(H,46,50)(H,47,52)(H,53,54)/b13-11-/t22-,23?,24-,25-,30+,34+,39-,40-/m1/s1. The van der Waals surface area contributed by atoms with E-state index in [1.807, 2.05) is 13.0 Å². The molecule has 60 heavy (non-hydrogen) atoms. The van der Waals surface area contributed by atoms with E-state index in [1.54, 1.807) is 26.8 Å². The van der Waals surface area contributed by atoms with Crippen molar-refractivity contribution in [3.8, 4) is 17.4 Å². The first-order chi connectivity index (χ1) is 28.2. The molecule has 19 heteroatoms. The number of hydrogen-bond donors (Lipinski definition) is 3. The minimum atomic E-state index is -4.39. The number of carbonyl (C=O) groups excluding carboxylic acids is 3. The summed E-state index contributed by atoms with van der Waals surface area (Å²) in [5, 5.41) is 12.4. The highest BCUT2D eigenvalue weighted by Gasteiger charge is 2.71. The molecule has 0 radical (unpaired) electrons. The van der Waals surface area contributed by atoms with E-state index >= 15 is 18.0 Å². The summed E-state index contributed by atoms with van der Waals surface area (Å²) in [6, 6.07) is -5.63. The molecule has 15 nitrogen and oxygen atoms in total. The zero-order chi connectivity index (χ0) is 44.1. The monoisotopic (exact) mass is 865 g/mol. The second-order valence-corrected chi connectivity index (χ2v) is 18.8. The van der Waals surface area contributed by atoms with Crippen molar-refractivity contribution < 1.29 is 60.1 Å². The van der Waals surface area contributed by atoms with E-state index in [0.717, 1.165) is 24.0 Å². The van der Waals surface area contributed by atoms with E-state index in [1.165, 1.54) is 20.3 Å². The lowest BCUT2D eigenvalue weighted by Crippen LogP contribution is -2.64. The minimum absolute atomic E-state index is 0.0451. The van der Waals surface area contributed by atoms with Crippen LogP contribution in [-0.2, 0) is 24.4 Å². The van der Waals surface area contributed by atoms with E-state index in [4.69, 9.17) is 14.2 Å². The highest BCUT2D eigenvalue weighted by Crippen LogP contribution is 2.51. The topological polar surface area (TPSA) is 194 Å². The third kappa shape index (κ3) is 8.17. The zero-order valence-electron chi connectivity index (χ0n) is 34.8. The Labute approximate surface area is 347 Å². The zero-order valence-corrected chi connectivity index (χ0v) is 35.6. The van der Waals surface area contributed by atoms with Crippen LogP contribution in [0.25, 0.3) is 10.9 Å². The van der Waals surface area contributed by atoms with Crippen molar-refractivity contribution in [3.63, 3.8) is 0 Å². The summed E-state index contributed by atoms with van der Waals surface area (Å²) in [5.41, 5.74) is -4.60. The predicted octanol–water partition coefficient (Wildman–Crippen LogP) is 5.76. The van der Waals surface area contributed by atoms with Gasteiger partial charge < -0.3 is 24.6 Å². The lowest BCUT2D eigenvalue weighted by molar-refractivity contribution is -0.218. The molecule has 330 valence electrons. The van der Waals surface area contributed by atoms with Crippen LogP contribution in [0.4, 0.5) is 18.0 Å². The maximum absolute atomic E-state index is 17.8. The first kappa shape index (κ1) is 44.7. The molecule has 3 heterocycles. The van der Waals surface area contributed by atoms with Crippen molar-refractivity contribution in [2.45, 2.75) is 133 Å². The van der Waals surface area contributed by atoms with E-state index in [-0.39, 0.29) is 64.8 Å². The van der Waals surface area contributed by atoms with Gasteiger partial charge in [0.15, 0.2) is 17.2 Å². The molecule has 1 aromatic heterocycles. The van der Waals surface area contributed by atoms with Gasteiger partial charge in [-0.2, -0.15) is 8.78 Å². The molecular formula is C41H54F3N5O10S. The number of carbonyl (C=O) groups is 4.